The number of halogens is 1. The van der Waals surface area contributed by atoms with Crippen LogP contribution in [0.3, 0.4) is 0 Å². The zero-order valence-electron chi connectivity index (χ0n) is 12.5. The first kappa shape index (κ1) is 16.8. The van der Waals surface area contributed by atoms with Crippen LogP contribution in [0.25, 0.3) is 0 Å². The van der Waals surface area contributed by atoms with E-state index >= 15 is 0 Å². The van der Waals surface area contributed by atoms with Crippen molar-refractivity contribution in [1.29, 1.82) is 0 Å². The molecule has 120 valence electrons. The number of methoxy groups -OCH3 is 1. The fraction of sp³-hybridized carbons (Fsp3) is 0.176. The molecule has 0 bridgehead atoms. The maximum atomic E-state index is 11.8. The molecular weight excluding hydrogens is 318 g/mol. The molecule has 0 saturated carbocycles. The van der Waals surface area contributed by atoms with Crippen molar-refractivity contribution in [2.75, 3.05) is 13.7 Å². The summed E-state index contributed by atoms with van der Waals surface area (Å²) in [5.74, 6) is -0.291. The molecule has 2 rings (SSSR count). The lowest BCUT2D eigenvalue weighted by Gasteiger charge is -2.08. The maximum Gasteiger partial charge on any atom is 0.337 e. The number of rotatable bonds is 6. The number of amides is 1. The lowest BCUT2D eigenvalue weighted by molar-refractivity contribution is -0.123. The maximum absolute atomic E-state index is 11.8. The van der Waals surface area contributed by atoms with Crippen molar-refractivity contribution in [2.45, 2.75) is 6.54 Å². The molecule has 23 heavy (non-hydrogen) atoms. The molecule has 6 heteroatoms. The van der Waals surface area contributed by atoms with Gasteiger partial charge in [-0.05, 0) is 35.9 Å². The summed E-state index contributed by atoms with van der Waals surface area (Å²) in [4.78, 5) is 23.2. The largest absolute Gasteiger partial charge is 0.484 e. The molecule has 0 saturated heterocycles. The van der Waals surface area contributed by atoms with Crippen LogP contribution >= 0.6 is 11.6 Å². The van der Waals surface area contributed by atoms with Gasteiger partial charge in [-0.1, -0.05) is 29.8 Å². The topological polar surface area (TPSA) is 64.6 Å². The van der Waals surface area contributed by atoms with E-state index in [-0.39, 0.29) is 12.5 Å². The van der Waals surface area contributed by atoms with E-state index in [0.717, 1.165) is 5.56 Å². The summed E-state index contributed by atoms with van der Waals surface area (Å²) in [7, 11) is 1.31. The molecule has 1 N–H and O–H groups in total. The van der Waals surface area contributed by atoms with Gasteiger partial charge in [-0.2, -0.15) is 0 Å². The van der Waals surface area contributed by atoms with Gasteiger partial charge in [0.25, 0.3) is 5.91 Å². The third-order valence-electron chi connectivity index (χ3n) is 3.03. The number of carbonyl (C=O) groups excluding carboxylic acids is 2. The Bertz CT molecular complexity index is 685. The van der Waals surface area contributed by atoms with Crippen molar-refractivity contribution in [3.63, 3.8) is 0 Å². The normalized spacial score (nSPS) is 10.0. The van der Waals surface area contributed by atoms with Crippen molar-refractivity contribution in [3.8, 4) is 5.75 Å². The number of hydrogen-bond donors (Lipinski definition) is 1. The minimum atomic E-state index is -0.456. The second-order valence-electron chi connectivity index (χ2n) is 4.71. The van der Waals surface area contributed by atoms with E-state index in [2.05, 4.69) is 10.1 Å². The van der Waals surface area contributed by atoms with Crippen molar-refractivity contribution in [1.82, 2.24) is 5.32 Å². The molecule has 1 amide bonds. The first-order valence-corrected chi connectivity index (χ1v) is 7.28. The molecule has 0 unspecified atom stereocenters. The highest BCUT2D eigenvalue weighted by atomic mass is 35.5. The molecule has 0 aliphatic heterocycles. The predicted octanol–water partition coefficient (Wildman–Crippen LogP) is 2.82. The summed E-state index contributed by atoms with van der Waals surface area (Å²) in [6.07, 6.45) is 0. The summed E-state index contributed by atoms with van der Waals surface area (Å²) in [6, 6.07) is 13.7. The zero-order chi connectivity index (χ0) is 16.7. The first-order valence-electron chi connectivity index (χ1n) is 6.91. The number of nitrogens with one attached hydrogen (secondary N) is 1. The van der Waals surface area contributed by atoms with Gasteiger partial charge in [-0.15, -0.1) is 0 Å². The number of benzene rings is 2. The van der Waals surface area contributed by atoms with Crippen LogP contribution in [0.1, 0.15) is 15.9 Å². The van der Waals surface area contributed by atoms with Crippen LogP contribution in [0.2, 0.25) is 5.02 Å². The highest BCUT2D eigenvalue weighted by Crippen LogP contribution is 2.14. The van der Waals surface area contributed by atoms with Gasteiger partial charge in [-0.3, -0.25) is 4.79 Å². The molecule has 0 heterocycles. The minimum absolute atomic E-state index is 0.141. The van der Waals surface area contributed by atoms with E-state index in [4.69, 9.17) is 16.3 Å². The van der Waals surface area contributed by atoms with E-state index < -0.39 is 5.97 Å². The van der Waals surface area contributed by atoms with Crippen LogP contribution in [0.15, 0.2) is 48.5 Å². The zero-order valence-corrected chi connectivity index (χ0v) is 13.3. The first-order chi connectivity index (χ1) is 11.1. The Hall–Kier alpha value is -2.53. The van der Waals surface area contributed by atoms with Crippen molar-refractivity contribution in [2.24, 2.45) is 0 Å². The van der Waals surface area contributed by atoms with Crippen LogP contribution in [0.5, 0.6) is 5.75 Å². The molecule has 0 radical (unpaired) electrons. The SMILES string of the molecule is COC(=O)c1cccc(OCC(=O)NCc2ccc(Cl)cc2)c1. The van der Waals surface area contributed by atoms with Gasteiger partial charge in [0.2, 0.25) is 0 Å². The van der Waals surface area contributed by atoms with E-state index in [9.17, 15) is 9.59 Å². The molecular formula is C17H16ClNO4. The molecule has 0 atom stereocenters. The summed E-state index contributed by atoms with van der Waals surface area (Å²) in [6.45, 7) is 0.250. The summed E-state index contributed by atoms with van der Waals surface area (Å²) >= 11 is 5.80. The van der Waals surface area contributed by atoms with E-state index in [1.165, 1.54) is 13.2 Å². The molecule has 5 nitrogen and oxygen atoms in total. The Balaban J connectivity index is 1.82. The molecule has 0 aliphatic carbocycles. The van der Waals surface area contributed by atoms with Crippen molar-refractivity contribution in [3.05, 3.63) is 64.7 Å². The standard InChI is InChI=1S/C17H16ClNO4/c1-22-17(21)13-3-2-4-15(9-13)23-11-16(20)19-10-12-5-7-14(18)8-6-12/h2-9H,10-11H2,1H3,(H,19,20). The Morgan fingerprint density at radius 1 is 1.13 bits per heavy atom. The molecule has 0 aliphatic rings. The molecule has 0 fully saturated rings. The third kappa shape index (κ3) is 5.30. The fourth-order valence-electron chi connectivity index (χ4n) is 1.83. The lowest BCUT2D eigenvalue weighted by atomic mass is 10.2. The molecule has 0 spiro atoms. The van der Waals surface area contributed by atoms with Crippen LogP contribution in [0, 0.1) is 0 Å². The van der Waals surface area contributed by atoms with Crippen LogP contribution in [-0.4, -0.2) is 25.6 Å². The van der Waals surface area contributed by atoms with Gasteiger partial charge in [0.15, 0.2) is 6.61 Å². The smallest absolute Gasteiger partial charge is 0.337 e. The Morgan fingerprint density at radius 3 is 2.57 bits per heavy atom. The van der Waals surface area contributed by atoms with E-state index in [1.54, 1.807) is 30.3 Å². The van der Waals surface area contributed by atoms with Gasteiger partial charge >= 0.3 is 5.97 Å². The summed E-state index contributed by atoms with van der Waals surface area (Å²) in [5, 5.41) is 3.39. The number of ether oxygens (including phenoxy) is 2. The molecule has 2 aromatic carbocycles. The van der Waals surface area contributed by atoms with Gasteiger partial charge in [0, 0.05) is 11.6 Å². The Morgan fingerprint density at radius 2 is 1.87 bits per heavy atom. The fourth-order valence-corrected chi connectivity index (χ4v) is 1.96. The lowest BCUT2D eigenvalue weighted by Crippen LogP contribution is -2.28. The van der Waals surface area contributed by atoms with Gasteiger partial charge in [-0.25, -0.2) is 4.79 Å². The quantitative estimate of drug-likeness (QED) is 0.826. The highest BCUT2D eigenvalue weighted by molar-refractivity contribution is 6.30. The van der Waals surface area contributed by atoms with Gasteiger partial charge in [0.1, 0.15) is 5.75 Å². The number of hydrogen-bond acceptors (Lipinski definition) is 4. The van der Waals surface area contributed by atoms with Gasteiger partial charge in [0.05, 0.1) is 12.7 Å². The highest BCUT2D eigenvalue weighted by Gasteiger charge is 2.07. The average molecular weight is 334 g/mol. The summed E-state index contributed by atoms with van der Waals surface area (Å²) < 4.78 is 10.00. The summed E-state index contributed by atoms with van der Waals surface area (Å²) in [5.41, 5.74) is 1.31. The van der Waals surface area contributed by atoms with Crippen molar-refractivity contribution < 1.29 is 19.1 Å². The van der Waals surface area contributed by atoms with Crippen LogP contribution < -0.4 is 10.1 Å². The van der Waals surface area contributed by atoms with Crippen LogP contribution in [-0.2, 0) is 16.1 Å². The molecule has 0 aromatic heterocycles. The second-order valence-corrected chi connectivity index (χ2v) is 5.15. The predicted molar refractivity (Wildman–Crippen MR) is 86.6 cm³/mol. The second kappa shape index (κ2) is 8.19. The van der Waals surface area contributed by atoms with Gasteiger partial charge < -0.3 is 14.8 Å². The number of esters is 1. The van der Waals surface area contributed by atoms with Crippen molar-refractivity contribution >= 4 is 23.5 Å². The monoisotopic (exact) mass is 333 g/mol. The van der Waals surface area contributed by atoms with Crippen LogP contribution in [0.4, 0.5) is 0 Å². The molecule has 2 aromatic rings. The number of carbonyl (C=O) groups is 2. The Labute approximate surface area is 139 Å². The average Bonchev–Trinajstić information content (AvgIpc) is 2.59. The van der Waals surface area contributed by atoms with E-state index in [1.807, 2.05) is 12.1 Å². The third-order valence-corrected chi connectivity index (χ3v) is 3.28. The Kier molecular flexibility index (Phi) is 6.00. The van der Waals surface area contributed by atoms with E-state index in [0.29, 0.717) is 22.9 Å². The minimum Gasteiger partial charge on any atom is -0.484 e.